The van der Waals surface area contributed by atoms with Gasteiger partial charge in [-0.05, 0) is 45.3 Å². The molecule has 4 nitrogen and oxygen atoms in total. The van der Waals surface area contributed by atoms with Crippen molar-refractivity contribution in [2.24, 2.45) is 0 Å². The molecule has 2 aliphatic rings. The van der Waals surface area contributed by atoms with Gasteiger partial charge in [0, 0.05) is 24.4 Å². The van der Waals surface area contributed by atoms with Gasteiger partial charge in [-0.2, -0.15) is 0 Å². The number of amides is 1. The van der Waals surface area contributed by atoms with Crippen LogP contribution in [0.1, 0.15) is 50.9 Å². The number of benzene rings is 1. The Kier molecular flexibility index (Phi) is 4.00. The molecular weight excluding hydrogens is 315 g/mol. The number of rotatable bonds is 3. The molecule has 1 aliphatic heterocycles. The number of nitrogens with one attached hydrogen (secondary N) is 1. The van der Waals surface area contributed by atoms with Crippen molar-refractivity contribution in [2.75, 3.05) is 0 Å². The highest BCUT2D eigenvalue weighted by molar-refractivity contribution is 6.62. The van der Waals surface area contributed by atoms with Crippen LogP contribution >= 0.6 is 0 Å². The molecule has 1 saturated heterocycles. The fourth-order valence-corrected chi connectivity index (χ4v) is 2.80. The lowest BCUT2D eigenvalue weighted by atomic mass is 9.79. The van der Waals surface area contributed by atoms with Gasteiger partial charge in [-0.25, -0.2) is 8.78 Å². The number of alkyl halides is 2. The van der Waals surface area contributed by atoms with E-state index in [9.17, 15) is 13.6 Å². The Morgan fingerprint density at radius 1 is 1.08 bits per heavy atom. The van der Waals surface area contributed by atoms with Crippen molar-refractivity contribution in [1.29, 1.82) is 0 Å². The van der Waals surface area contributed by atoms with E-state index in [0.717, 1.165) is 5.46 Å². The van der Waals surface area contributed by atoms with Gasteiger partial charge in [-0.3, -0.25) is 4.79 Å². The van der Waals surface area contributed by atoms with Crippen molar-refractivity contribution < 1.29 is 22.9 Å². The largest absolute Gasteiger partial charge is 0.494 e. The second-order valence-corrected chi connectivity index (χ2v) is 7.64. The van der Waals surface area contributed by atoms with Crippen molar-refractivity contribution in [2.45, 2.75) is 63.7 Å². The number of hydrogen-bond acceptors (Lipinski definition) is 3. The molecule has 0 radical (unpaired) electrons. The summed E-state index contributed by atoms with van der Waals surface area (Å²) in [5.74, 6) is -2.98. The van der Waals surface area contributed by atoms with Crippen LogP contribution in [-0.4, -0.2) is 36.2 Å². The molecule has 0 bridgehead atoms. The van der Waals surface area contributed by atoms with Gasteiger partial charge in [0.1, 0.15) is 0 Å². The Hall–Kier alpha value is -1.47. The molecule has 3 rings (SSSR count). The van der Waals surface area contributed by atoms with Gasteiger partial charge in [-0.15, -0.1) is 0 Å². The first-order valence-electron chi connectivity index (χ1n) is 8.13. The third-order valence-corrected chi connectivity index (χ3v) is 5.12. The smallest absolute Gasteiger partial charge is 0.399 e. The average Bonchev–Trinajstić information content (AvgIpc) is 2.65. The minimum Gasteiger partial charge on any atom is -0.399 e. The van der Waals surface area contributed by atoms with Crippen LogP contribution in [0.2, 0.25) is 0 Å². The van der Waals surface area contributed by atoms with Crippen molar-refractivity contribution in [3.8, 4) is 0 Å². The second-order valence-electron chi connectivity index (χ2n) is 7.64. The predicted molar refractivity (Wildman–Crippen MR) is 87.6 cm³/mol. The predicted octanol–water partition coefficient (Wildman–Crippen LogP) is 2.51. The molecule has 7 heteroatoms. The van der Waals surface area contributed by atoms with E-state index in [2.05, 4.69) is 5.32 Å². The van der Waals surface area contributed by atoms with Crippen LogP contribution < -0.4 is 10.8 Å². The van der Waals surface area contributed by atoms with Crippen LogP contribution in [0.3, 0.4) is 0 Å². The topological polar surface area (TPSA) is 47.6 Å². The summed E-state index contributed by atoms with van der Waals surface area (Å²) < 4.78 is 37.5. The van der Waals surface area contributed by atoms with Gasteiger partial charge in [0.2, 0.25) is 0 Å². The summed E-state index contributed by atoms with van der Waals surface area (Å²) in [5, 5.41) is 2.62. The number of hydrogen-bond donors (Lipinski definition) is 1. The summed E-state index contributed by atoms with van der Waals surface area (Å²) in [4.78, 5) is 12.1. The fraction of sp³-hybridized carbons (Fsp3) is 0.588. The molecule has 2 fully saturated rings. The molecule has 1 N–H and O–H groups in total. The molecule has 24 heavy (non-hydrogen) atoms. The molecule has 1 heterocycles. The molecule has 0 unspecified atom stereocenters. The Balaban J connectivity index is 1.63. The molecule has 0 spiro atoms. The zero-order valence-corrected chi connectivity index (χ0v) is 14.4. The summed E-state index contributed by atoms with van der Waals surface area (Å²) in [5.41, 5.74) is 0.401. The quantitative estimate of drug-likeness (QED) is 0.863. The maximum absolute atomic E-state index is 12.8. The lowest BCUT2D eigenvalue weighted by Crippen LogP contribution is -2.50. The van der Waals surface area contributed by atoms with Crippen molar-refractivity contribution >= 4 is 18.5 Å². The van der Waals surface area contributed by atoms with E-state index < -0.39 is 30.3 Å². The molecule has 130 valence electrons. The monoisotopic (exact) mass is 337 g/mol. The lowest BCUT2D eigenvalue weighted by Gasteiger charge is -2.35. The van der Waals surface area contributed by atoms with Crippen LogP contribution in [0.25, 0.3) is 0 Å². The standard InChI is InChI=1S/C17H22BF2NO3/c1-15(2)16(3,4)24-18(23-15)12-7-5-11(6-8-12)14(22)21-13-9-17(19,20)10-13/h5-8,13H,9-10H2,1-4H3,(H,21,22). The SMILES string of the molecule is CC1(C)OB(c2ccc(C(=O)NC3CC(F)(F)C3)cc2)OC1(C)C. The molecular formula is C17H22BF2NO3. The van der Waals surface area contributed by atoms with Crippen molar-refractivity contribution in [1.82, 2.24) is 5.32 Å². The third-order valence-electron chi connectivity index (χ3n) is 5.12. The highest BCUT2D eigenvalue weighted by Crippen LogP contribution is 2.38. The summed E-state index contributed by atoms with van der Waals surface area (Å²) in [6.45, 7) is 7.90. The highest BCUT2D eigenvalue weighted by atomic mass is 19.3. The van der Waals surface area contributed by atoms with Crippen LogP contribution in [-0.2, 0) is 9.31 Å². The normalized spacial score (nSPS) is 24.5. The minimum atomic E-state index is -2.64. The van der Waals surface area contributed by atoms with Crippen LogP contribution in [0.15, 0.2) is 24.3 Å². The van der Waals surface area contributed by atoms with E-state index in [-0.39, 0.29) is 18.7 Å². The van der Waals surface area contributed by atoms with E-state index in [4.69, 9.17) is 9.31 Å². The van der Waals surface area contributed by atoms with E-state index in [1.807, 2.05) is 27.7 Å². The van der Waals surface area contributed by atoms with Gasteiger partial charge < -0.3 is 14.6 Å². The molecule has 1 aromatic rings. The maximum Gasteiger partial charge on any atom is 0.494 e. The van der Waals surface area contributed by atoms with Crippen LogP contribution in [0.5, 0.6) is 0 Å². The molecule has 0 atom stereocenters. The van der Waals surface area contributed by atoms with E-state index in [1.54, 1.807) is 24.3 Å². The Morgan fingerprint density at radius 2 is 1.58 bits per heavy atom. The van der Waals surface area contributed by atoms with E-state index >= 15 is 0 Å². The molecule has 0 aromatic heterocycles. The van der Waals surface area contributed by atoms with E-state index in [1.165, 1.54) is 0 Å². The summed E-state index contributed by atoms with van der Waals surface area (Å²) in [6, 6.07) is 6.41. The number of carbonyl (C=O) groups is 1. The molecule has 1 saturated carbocycles. The van der Waals surface area contributed by atoms with Crippen LogP contribution in [0, 0.1) is 0 Å². The Bertz CT molecular complexity index is 622. The Morgan fingerprint density at radius 3 is 2.04 bits per heavy atom. The minimum absolute atomic E-state index is 0.287. The first-order chi connectivity index (χ1) is 11.0. The van der Waals surface area contributed by atoms with Gasteiger partial charge >= 0.3 is 7.12 Å². The first kappa shape index (κ1) is 17.4. The first-order valence-corrected chi connectivity index (χ1v) is 8.13. The average molecular weight is 337 g/mol. The highest BCUT2D eigenvalue weighted by Gasteiger charge is 2.51. The zero-order valence-electron chi connectivity index (χ0n) is 14.4. The maximum atomic E-state index is 12.8. The van der Waals surface area contributed by atoms with Gasteiger partial charge in [0.25, 0.3) is 11.8 Å². The second kappa shape index (κ2) is 5.53. The fourth-order valence-electron chi connectivity index (χ4n) is 2.80. The number of carbonyl (C=O) groups excluding carboxylic acids is 1. The summed E-state index contributed by atoms with van der Waals surface area (Å²) in [7, 11) is -0.488. The molecule has 1 amide bonds. The number of halogens is 2. The van der Waals surface area contributed by atoms with Gasteiger partial charge in [0.05, 0.1) is 11.2 Å². The lowest BCUT2D eigenvalue weighted by molar-refractivity contribution is -0.0901. The van der Waals surface area contributed by atoms with Crippen molar-refractivity contribution in [3.63, 3.8) is 0 Å². The van der Waals surface area contributed by atoms with Crippen LogP contribution in [0.4, 0.5) is 8.78 Å². The van der Waals surface area contributed by atoms with Gasteiger partial charge in [0.15, 0.2) is 0 Å². The third kappa shape index (κ3) is 3.19. The van der Waals surface area contributed by atoms with Crippen molar-refractivity contribution in [3.05, 3.63) is 29.8 Å². The Labute approximate surface area is 141 Å². The summed E-state index contributed by atoms with van der Waals surface area (Å²) >= 11 is 0. The van der Waals surface area contributed by atoms with E-state index in [0.29, 0.717) is 5.56 Å². The molecule has 1 aliphatic carbocycles. The zero-order chi connectivity index (χ0) is 17.8. The molecule has 1 aromatic carbocycles. The van der Waals surface area contributed by atoms with Gasteiger partial charge in [-0.1, -0.05) is 12.1 Å². The summed E-state index contributed by atoms with van der Waals surface area (Å²) in [6.07, 6.45) is -0.574.